The number of nitrogens with zero attached hydrogens (tertiary/aromatic N) is 1. The van der Waals surface area contributed by atoms with Gasteiger partial charge < -0.3 is 33.3 Å². The molecule has 0 aliphatic carbocycles. The van der Waals surface area contributed by atoms with Crippen LogP contribution in [0.4, 0.5) is 0 Å². The van der Waals surface area contributed by atoms with E-state index in [9.17, 15) is 19.5 Å². The molecule has 0 aliphatic heterocycles. The van der Waals surface area contributed by atoms with Crippen LogP contribution in [0.25, 0.3) is 0 Å². The number of carbonyl (C=O) groups is 3. The number of aliphatic carboxylic acids is 1. The molecule has 9 nitrogen and oxygen atoms in total. The summed E-state index contributed by atoms with van der Waals surface area (Å²) in [6, 6.07) is 0. The monoisotopic (exact) mass is 1220 g/mol. The maximum Gasteiger partial charge on any atom is 0.306 e. The molecule has 2 unspecified atom stereocenters. The highest BCUT2D eigenvalue weighted by molar-refractivity contribution is 5.70. The molecule has 0 saturated heterocycles. The first kappa shape index (κ1) is 84.0. The second-order valence-corrected chi connectivity index (χ2v) is 26.6. The lowest BCUT2D eigenvalue weighted by Crippen LogP contribution is -2.44. The molecule has 0 aliphatic rings. The Hall–Kier alpha value is -3.01. The Morgan fingerprint density at radius 2 is 0.621 bits per heavy atom. The van der Waals surface area contributed by atoms with E-state index in [1.807, 2.05) is 21.1 Å². The van der Waals surface area contributed by atoms with Crippen molar-refractivity contribution in [1.29, 1.82) is 0 Å². The van der Waals surface area contributed by atoms with Gasteiger partial charge in [0.2, 0.25) is 0 Å². The van der Waals surface area contributed by atoms with E-state index in [1.165, 1.54) is 263 Å². The first-order valence-electron chi connectivity index (χ1n) is 37.4. The van der Waals surface area contributed by atoms with Crippen LogP contribution in [0.1, 0.15) is 361 Å². The van der Waals surface area contributed by atoms with Gasteiger partial charge in [0.1, 0.15) is 13.2 Å². The van der Waals surface area contributed by atoms with Crippen LogP contribution in [-0.4, -0.2) is 82.3 Å². The summed E-state index contributed by atoms with van der Waals surface area (Å²) in [5.41, 5.74) is 0. The number of ether oxygens (including phenoxy) is 4. The molecular weight excluding hydrogens is 1080 g/mol. The summed E-state index contributed by atoms with van der Waals surface area (Å²) in [4.78, 5) is 37.5. The van der Waals surface area contributed by atoms with Crippen molar-refractivity contribution in [2.75, 3.05) is 47.5 Å². The van der Waals surface area contributed by atoms with Crippen molar-refractivity contribution in [3.63, 3.8) is 0 Å². The van der Waals surface area contributed by atoms with Crippen molar-refractivity contribution in [2.45, 2.75) is 373 Å². The maximum absolute atomic E-state index is 12.9. The Bertz CT molecular complexity index is 1610. The van der Waals surface area contributed by atoms with Crippen LogP contribution in [0, 0.1) is 0 Å². The number of quaternary nitrogens is 1. The summed E-state index contributed by atoms with van der Waals surface area (Å²) in [5, 5.41) is 11.8. The first-order valence-corrected chi connectivity index (χ1v) is 37.4. The number of esters is 2. The Labute approximate surface area is 539 Å². The second-order valence-electron chi connectivity index (χ2n) is 26.6. The SMILES string of the molecule is CCCCCCC/C=C\C/C=C\C/C=C\CCCCCCCCCCCCC(=O)OC(COC(=O)CCCCCCCCCCCCCCCCCCCCCCCCCCC/C=C\C/C=C\CCCCCCC)COC(OCC[N+](C)(C)C)C(=O)[O-]. The highest BCUT2D eigenvalue weighted by Crippen LogP contribution is 2.19. The molecule has 0 aromatic carbocycles. The van der Waals surface area contributed by atoms with Crippen molar-refractivity contribution < 1.29 is 42.9 Å². The van der Waals surface area contributed by atoms with Crippen LogP contribution < -0.4 is 5.11 Å². The Morgan fingerprint density at radius 1 is 0.345 bits per heavy atom. The predicted octanol–water partition coefficient (Wildman–Crippen LogP) is 22.1. The predicted molar refractivity (Wildman–Crippen MR) is 371 cm³/mol. The summed E-state index contributed by atoms with van der Waals surface area (Å²) in [5.74, 6) is -2.27. The average Bonchev–Trinajstić information content (AvgIpc) is 3.59. The zero-order valence-electron chi connectivity index (χ0n) is 58.2. The van der Waals surface area contributed by atoms with Crippen LogP contribution in [0.15, 0.2) is 60.8 Å². The first-order chi connectivity index (χ1) is 42.6. The van der Waals surface area contributed by atoms with Crippen molar-refractivity contribution >= 4 is 17.9 Å². The lowest BCUT2D eigenvalue weighted by molar-refractivity contribution is -0.870. The van der Waals surface area contributed by atoms with E-state index in [-0.39, 0.29) is 32.2 Å². The van der Waals surface area contributed by atoms with E-state index in [4.69, 9.17) is 18.9 Å². The molecule has 0 aromatic heterocycles. The van der Waals surface area contributed by atoms with Gasteiger partial charge in [0.05, 0.1) is 40.3 Å². The van der Waals surface area contributed by atoms with E-state index in [1.54, 1.807) is 0 Å². The maximum atomic E-state index is 12.9. The Morgan fingerprint density at radius 3 is 0.920 bits per heavy atom. The van der Waals surface area contributed by atoms with E-state index < -0.39 is 24.3 Å². The highest BCUT2D eigenvalue weighted by atomic mass is 16.7. The van der Waals surface area contributed by atoms with Gasteiger partial charge in [-0.3, -0.25) is 9.59 Å². The molecule has 0 bridgehead atoms. The third-order valence-electron chi connectivity index (χ3n) is 16.7. The zero-order valence-corrected chi connectivity index (χ0v) is 58.2. The number of unbranched alkanes of at least 4 members (excludes halogenated alkanes) is 45. The quantitative estimate of drug-likeness (QED) is 0.0195. The van der Waals surface area contributed by atoms with Gasteiger partial charge in [-0.2, -0.15) is 0 Å². The van der Waals surface area contributed by atoms with Crippen molar-refractivity contribution in [2.24, 2.45) is 0 Å². The van der Waals surface area contributed by atoms with Crippen LogP contribution in [-0.2, 0) is 33.3 Å². The summed E-state index contributed by atoms with van der Waals surface area (Å²) < 4.78 is 22.8. The molecule has 0 rings (SSSR count). The van der Waals surface area contributed by atoms with Crippen LogP contribution >= 0.6 is 0 Å². The van der Waals surface area contributed by atoms with E-state index in [0.29, 0.717) is 23.9 Å². The fourth-order valence-corrected chi connectivity index (χ4v) is 11.0. The fourth-order valence-electron chi connectivity index (χ4n) is 11.0. The number of carboxylic acids is 1. The third-order valence-corrected chi connectivity index (χ3v) is 16.7. The highest BCUT2D eigenvalue weighted by Gasteiger charge is 2.22. The van der Waals surface area contributed by atoms with Crippen molar-refractivity contribution in [1.82, 2.24) is 0 Å². The van der Waals surface area contributed by atoms with E-state index in [2.05, 4.69) is 74.6 Å². The molecule has 9 heteroatoms. The molecular formula is C78H143NO8. The number of likely N-dealkylation sites (N-methyl/N-ethyl adjacent to an activating group) is 1. The van der Waals surface area contributed by atoms with Gasteiger partial charge in [-0.05, 0) is 83.5 Å². The molecule has 87 heavy (non-hydrogen) atoms. The average molecular weight is 1220 g/mol. The van der Waals surface area contributed by atoms with Gasteiger partial charge in [-0.1, -0.05) is 325 Å². The lowest BCUT2D eigenvalue weighted by atomic mass is 10.0. The molecule has 0 fully saturated rings. The minimum atomic E-state index is -1.62. The molecule has 0 spiro atoms. The normalized spacial score (nSPS) is 13.0. The Balaban J connectivity index is 4.01. The van der Waals surface area contributed by atoms with Crippen molar-refractivity contribution in [3.05, 3.63) is 60.8 Å². The number of carbonyl (C=O) groups excluding carboxylic acids is 3. The van der Waals surface area contributed by atoms with Crippen LogP contribution in [0.3, 0.4) is 0 Å². The topological polar surface area (TPSA) is 111 Å². The fraction of sp³-hybridized carbons (Fsp3) is 0.833. The summed E-state index contributed by atoms with van der Waals surface area (Å²) in [6.45, 7) is 4.77. The molecule has 508 valence electrons. The number of allylic oxidation sites excluding steroid dienone is 10. The number of hydrogen-bond acceptors (Lipinski definition) is 8. The Kier molecular flexibility index (Phi) is 66.5. The van der Waals surface area contributed by atoms with Crippen molar-refractivity contribution in [3.8, 4) is 0 Å². The molecule has 0 heterocycles. The zero-order chi connectivity index (χ0) is 63.3. The largest absolute Gasteiger partial charge is 0.545 e. The smallest absolute Gasteiger partial charge is 0.306 e. The molecule has 0 N–H and O–H groups in total. The molecule has 0 aromatic rings. The molecule has 0 radical (unpaired) electrons. The van der Waals surface area contributed by atoms with Gasteiger partial charge in [-0.25, -0.2) is 0 Å². The van der Waals surface area contributed by atoms with Gasteiger partial charge in [0.15, 0.2) is 12.4 Å². The standard InChI is InChI=1S/C78H143NO8/c1-6-8-10-12-14-16-18-20-22-24-26-28-30-32-33-34-35-36-37-38-39-40-41-42-43-45-46-48-50-52-54-56-58-60-62-64-66-68-75(80)85-72-74(73-86-78(77(82)83)84-71-70-79(3,4)5)87-76(81)69-67-65-63-61-59-57-55-53-51-49-47-44-31-29-27-25-23-21-19-17-15-13-11-9-7-2/h18-21,24-27,31,44,74,78H,6-17,22-23,28-30,32-43,45-73H2,1-5H3/b20-18-,21-19-,26-24-,27-25-,44-31-. The van der Waals surface area contributed by atoms with E-state index in [0.717, 1.165) is 64.2 Å². The lowest BCUT2D eigenvalue weighted by Gasteiger charge is -2.26. The van der Waals surface area contributed by atoms with E-state index >= 15 is 0 Å². The number of hydrogen-bond donors (Lipinski definition) is 0. The van der Waals surface area contributed by atoms with Gasteiger partial charge >= 0.3 is 11.9 Å². The van der Waals surface area contributed by atoms with Crippen LogP contribution in [0.2, 0.25) is 0 Å². The summed E-state index contributed by atoms with van der Waals surface area (Å²) in [7, 11) is 5.94. The molecule has 0 saturated carbocycles. The van der Waals surface area contributed by atoms with Gasteiger partial charge in [0.25, 0.3) is 0 Å². The summed E-state index contributed by atoms with van der Waals surface area (Å²) >= 11 is 0. The summed E-state index contributed by atoms with van der Waals surface area (Å²) in [6.07, 6.45) is 87.5. The third kappa shape index (κ3) is 70.3. The van der Waals surface area contributed by atoms with Gasteiger partial charge in [0, 0.05) is 12.8 Å². The number of carboxylic acid groups (broad SMARTS) is 1. The molecule has 2 atom stereocenters. The second kappa shape index (κ2) is 68.9. The van der Waals surface area contributed by atoms with Gasteiger partial charge in [-0.15, -0.1) is 0 Å². The molecule has 0 amide bonds. The number of rotatable bonds is 70. The van der Waals surface area contributed by atoms with Crippen LogP contribution in [0.5, 0.6) is 0 Å². The minimum Gasteiger partial charge on any atom is -0.545 e. The minimum absolute atomic E-state index is 0.147.